The lowest BCUT2D eigenvalue weighted by atomic mass is 9.72. The maximum Gasteiger partial charge on any atom is 0.274 e. The molecule has 29 heavy (non-hydrogen) atoms. The Bertz CT molecular complexity index is 1020. The van der Waals surface area contributed by atoms with E-state index >= 15 is 0 Å². The largest absolute Gasteiger partial charge is 0.354 e. The summed E-state index contributed by atoms with van der Waals surface area (Å²) in [6, 6.07) is 12.1. The molecule has 1 aromatic carbocycles. The minimum Gasteiger partial charge on any atom is -0.354 e. The number of aromatic nitrogens is 2. The van der Waals surface area contributed by atoms with E-state index in [1.54, 1.807) is 0 Å². The first kappa shape index (κ1) is 19.8. The summed E-state index contributed by atoms with van der Waals surface area (Å²) in [5, 5.41) is 4.87. The highest BCUT2D eigenvalue weighted by atomic mass is 35.5. The minimum atomic E-state index is -0.219. The van der Waals surface area contributed by atoms with E-state index in [0.717, 1.165) is 23.1 Å². The Morgan fingerprint density at radius 2 is 1.90 bits per heavy atom. The van der Waals surface area contributed by atoms with Gasteiger partial charge in [-0.05, 0) is 29.9 Å². The topological polar surface area (TPSA) is 75.2 Å². The number of rotatable bonds is 5. The zero-order valence-electron chi connectivity index (χ0n) is 15.8. The molecular weight excluding hydrogens is 408 g/mol. The maximum absolute atomic E-state index is 13.1. The summed E-state index contributed by atoms with van der Waals surface area (Å²) in [7, 11) is 0. The van der Waals surface area contributed by atoms with Crippen molar-refractivity contribution >= 4 is 45.0 Å². The molecule has 1 aliphatic rings. The molecule has 0 bridgehead atoms. The van der Waals surface area contributed by atoms with E-state index < -0.39 is 0 Å². The van der Waals surface area contributed by atoms with Crippen LogP contribution in [0.25, 0.3) is 10.2 Å². The van der Waals surface area contributed by atoms with Crippen molar-refractivity contribution in [2.75, 3.05) is 25.5 Å². The van der Waals surface area contributed by atoms with Crippen LogP contribution in [0.5, 0.6) is 0 Å². The number of hydrogen-bond donors (Lipinski definition) is 1. The number of benzene rings is 1. The predicted molar refractivity (Wildman–Crippen MR) is 114 cm³/mol. The smallest absolute Gasteiger partial charge is 0.274 e. The number of fused-ring (bicyclic) bond motifs is 1. The van der Waals surface area contributed by atoms with E-state index in [4.69, 9.17) is 11.6 Å². The molecule has 6 nitrogen and oxygen atoms in total. The summed E-state index contributed by atoms with van der Waals surface area (Å²) in [6.07, 6.45) is 2.95. The number of carbonyl (C=O) groups excluding carboxylic acids is 2. The van der Waals surface area contributed by atoms with E-state index in [-0.39, 0.29) is 23.1 Å². The summed E-state index contributed by atoms with van der Waals surface area (Å²) in [5.74, 6) is -0.298. The molecule has 0 radical (unpaired) electrons. The number of hydrogen-bond acceptors (Lipinski definition) is 5. The zero-order chi connectivity index (χ0) is 20.3. The van der Waals surface area contributed by atoms with E-state index in [0.29, 0.717) is 25.3 Å². The van der Waals surface area contributed by atoms with E-state index in [9.17, 15) is 9.59 Å². The molecule has 1 saturated heterocycles. The Kier molecular flexibility index (Phi) is 5.78. The fraction of sp³-hybridized carbons (Fsp3) is 0.333. The molecule has 8 heteroatoms. The van der Waals surface area contributed by atoms with Gasteiger partial charge < -0.3 is 10.2 Å². The first-order valence-corrected chi connectivity index (χ1v) is 10.9. The van der Waals surface area contributed by atoms with E-state index in [1.165, 1.54) is 23.2 Å². The SMILES string of the molecule is O=C(CCl)NCC1(c2ccccc2)CCN(C(=O)c2ncnc3ccsc23)CC1. The number of likely N-dealkylation sites (tertiary alicyclic amines) is 1. The Balaban J connectivity index is 1.54. The van der Waals surface area contributed by atoms with Crippen LogP contribution in [0.4, 0.5) is 0 Å². The number of nitrogens with zero attached hydrogens (tertiary/aromatic N) is 3. The fourth-order valence-corrected chi connectivity index (χ4v) is 4.82. The van der Waals surface area contributed by atoms with Gasteiger partial charge in [0.1, 0.15) is 17.9 Å². The van der Waals surface area contributed by atoms with E-state index in [2.05, 4.69) is 27.4 Å². The molecule has 3 heterocycles. The van der Waals surface area contributed by atoms with Crippen molar-refractivity contribution in [3.63, 3.8) is 0 Å². The quantitative estimate of drug-likeness (QED) is 0.633. The van der Waals surface area contributed by atoms with Gasteiger partial charge in [0, 0.05) is 25.0 Å². The number of piperidine rings is 1. The standard InChI is InChI=1S/C21H21ClN4O2S/c22-12-17(27)23-13-21(15-4-2-1-3-5-15)7-9-26(10-8-21)20(28)18-19-16(6-11-29-19)24-14-25-18/h1-6,11,14H,7-10,12-13H2,(H,23,27). The van der Waals surface area contributed by atoms with Gasteiger partial charge in [0.2, 0.25) is 5.91 Å². The van der Waals surface area contributed by atoms with Crippen LogP contribution < -0.4 is 5.32 Å². The van der Waals surface area contributed by atoms with Gasteiger partial charge in [-0.15, -0.1) is 22.9 Å². The molecule has 150 valence electrons. The van der Waals surface area contributed by atoms with Gasteiger partial charge in [0.15, 0.2) is 0 Å². The third-order valence-electron chi connectivity index (χ3n) is 5.58. The van der Waals surface area contributed by atoms with Crippen LogP contribution in [0, 0.1) is 0 Å². The van der Waals surface area contributed by atoms with Crippen molar-refractivity contribution in [3.8, 4) is 0 Å². The molecule has 0 unspecified atom stereocenters. The average Bonchev–Trinajstić information content (AvgIpc) is 3.27. The van der Waals surface area contributed by atoms with Gasteiger partial charge in [0.05, 0.1) is 10.2 Å². The van der Waals surface area contributed by atoms with Crippen LogP contribution in [0.15, 0.2) is 48.1 Å². The Hall–Kier alpha value is -2.51. The number of thiophene rings is 1. The second-order valence-corrected chi connectivity index (χ2v) is 8.39. The van der Waals surface area contributed by atoms with Crippen molar-refractivity contribution in [1.82, 2.24) is 20.2 Å². The highest BCUT2D eigenvalue weighted by Crippen LogP contribution is 2.36. The highest BCUT2D eigenvalue weighted by Gasteiger charge is 2.38. The fourth-order valence-electron chi connectivity index (χ4n) is 3.90. The second kappa shape index (κ2) is 8.47. The van der Waals surface area contributed by atoms with Gasteiger partial charge in [-0.3, -0.25) is 9.59 Å². The first-order valence-electron chi connectivity index (χ1n) is 9.49. The van der Waals surface area contributed by atoms with Gasteiger partial charge >= 0.3 is 0 Å². The summed E-state index contributed by atoms with van der Waals surface area (Å²) >= 11 is 7.14. The summed E-state index contributed by atoms with van der Waals surface area (Å²) in [6.45, 7) is 1.70. The number of amides is 2. The molecule has 1 N–H and O–H groups in total. The van der Waals surface area contributed by atoms with Crippen LogP contribution in [0.3, 0.4) is 0 Å². The van der Waals surface area contributed by atoms with Crippen LogP contribution >= 0.6 is 22.9 Å². The second-order valence-electron chi connectivity index (χ2n) is 7.21. The molecule has 1 aliphatic heterocycles. The normalized spacial score (nSPS) is 16.0. The van der Waals surface area contributed by atoms with Gasteiger partial charge in [-0.2, -0.15) is 0 Å². The molecule has 0 aliphatic carbocycles. The van der Waals surface area contributed by atoms with Gasteiger partial charge in [-0.25, -0.2) is 9.97 Å². The average molecular weight is 429 g/mol. The van der Waals surface area contributed by atoms with Gasteiger partial charge in [0.25, 0.3) is 5.91 Å². The minimum absolute atomic E-state index is 0.0556. The van der Waals surface area contributed by atoms with Crippen LogP contribution in [0.2, 0.25) is 0 Å². The number of carbonyl (C=O) groups is 2. The summed E-state index contributed by atoms with van der Waals surface area (Å²) < 4.78 is 0.826. The van der Waals surface area contributed by atoms with Crippen LogP contribution in [0.1, 0.15) is 28.9 Å². The first-order chi connectivity index (χ1) is 14.1. The van der Waals surface area contributed by atoms with Crippen molar-refractivity contribution < 1.29 is 9.59 Å². The predicted octanol–water partition coefficient (Wildman–Crippen LogP) is 3.22. The molecule has 4 rings (SSSR count). The lowest BCUT2D eigenvalue weighted by Gasteiger charge is -2.42. The molecule has 1 fully saturated rings. The lowest BCUT2D eigenvalue weighted by molar-refractivity contribution is -0.119. The Morgan fingerprint density at radius 1 is 1.14 bits per heavy atom. The Labute approximate surface area is 177 Å². The monoisotopic (exact) mass is 428 g/mol. The zero-order valence-corrected chi connectivity index (χ0v) is 17.4. The number of alkyl halides is 1. The van der Waals surface area contributed by atoms with Crippen LogP contribution in [-0.4, -0.2) is 52.2 Å². The summed E-state index contributed by atoms with van der Waals surface area (Å²) in [4.78, 5) is 35.2. The Morgan fingerprint density at radius 3 is 2.62 bits per heavy atom. The number of halogens is 1. The lowest BCUT2D eigenvalue weighted by Crippen LogP contribution is -2.50. The van der Waals surface area contributed by atoms with Crippen molar-refractivity contribution in [3.05, 3.63) is 59.4 Å². The van der Waals surface area contributed by atoms with Crippen molar-refractivity contribution in [2.45, 2.75) is 18.3 Å². The third-order valence-corrected chi connectivity index (χ3v) is 6.74. The highest BCUT2D eigenvalue weighted by molar-refractivity contribution is 7.17. The molecule has 2 aromatic heterocycles. The van der Waals surface area contributed by atoms with Gasteiger partial charge in [-0.1, -0.05) is 30.3 Å². The van der Waals surface area contributed by atoms with Crippen molar-refractivity contribution in [1.29, 1.82) is 0 Å². The molecule has 0 spiro atoms. The number of nitrogens with one attached hydrogen (secondary N) is 1. The van der Waals surface area contributed by atoms with Crippen LogP contribution in [-0.2, 0) is 10.2 Å². The van der Waals surface area contributed by atoms with E-state index in [1.807, 2.05) is 34.5 Å². The maximum atomic E-state index is 13.1. The molecule has 2 amide bonds. The molecule has 0 saturated carbocycles. The summed E-state index contributed by atoms with van der Waals surface area (Å²) in [5.41, 5.74) is 2.22. The van der Waals surface area contributed by atoms with Crippen molar-refractivity contribution in [2.24, 2.45) is 0 Å². The molecule has 3 aromatic rings. The molecular formula is C21H21ClN4O2S. The third kappa shape index (κ3) is 3.97. The molecule has 0 atom stereocenters.